The second kappa shape index (κ2) is 14.3. The van der Waals surface area contributed by atoms with Gasteiger partial charge in [0.15, 0.2) is 0 Å². The molecule has 11 N–H and O–H groups in total. The fourth-order valence-corrected chi connectivity index (χ4v) is 2.92. The first kappa shape index (κ1) is 29.0. The summed E-state index contributed by atoms with van der Waals surface area (Å²) in [5.41, 5.74) is 16.3. The first-order chi connectivity index (χ1) is 16.4. The lowest BCUT2D eigenvalue weighted by atomic mass is 10.0. The van der Waals surface area contributed by atoms with E-state index >= 15 is 0 Å². The van der Waals surface area contributed by atoms with E-state index in [-0.39, 0.29) is 19.3 Å². The minimum Gasteiger partial charge on any atom is -0.480 e. The normalized spacial score (nSPS) is 14.0. The molecule has 35 heavy (non-hydrogen) atoms. The van der Waals surface area contributed by atoms with Crippen LogP contribution in [-0.4, -0.2) is 76.5 Å². The number of hydrogen-bond donors (Lipinski definition) is 8. The summed E-state index contributed by atoms with van der Waals surface area (Å²) < 4.78 is 0. The fraction of sp³-hybridized carbons (Fsp3) is 0.429. The molecular formula is C21H30N6O8. The lowest BCUT2D eigenvalue weighted by Crippen LogP contribution is -2.58. The van der Waals surface area contributed by atoms with Gasteiger partial charge in [0, 0.05) is 12.8 Å². The van der Waals surface area contributed by atoms with Crippen LogP contribution in [0.4, 0.5) is 0 Å². The van der Waals surface area contributed by atoms with Crippen molar-refractivity contribution in [3.05, 3.63) is 35.9 Å². The minimum atomic E-state index is -1.55. The SMILES string of the molecule is NC(=O)CCC(NC(=O)C(CC(N)=O)NC(=O)C(N)CO)C(=O)NC(Cc1ccccc1)C(=O)O. The Morgan fingerprint density at radius 2 is 1.34 bits per heavy atom. The van der Waals surface area contributed by atoms with Crippen LogP contribution in [0.5, 0.6) is 0 Å². The van der Waals surface area contributed by atoms with Crippen molar-refractivity contribution in [3.63, 3.8) is 0 Å². The molecule has 4 unspecified atom stereocenters. The number of aliphatic hydroxyl groups excluding tert-OH is 1. The molecule has 0 aromatic heterocycles. The molecular weight excluding hydrogens is 464 g/mol. The van der Waals surface area contributed by atoms with Crippen LogP contribution in [0.2, 0.25) is 0 Å². The Morgan fingerprint density at radius 1 is 0.800 bits per heavy atom. The van der Waals surface area contributed by atoms with Gasteiger partial charge in [0.2, 0.25) is 29.5 Å². The van der Waals surface area contributed by atoms with Crippen LogP contribution in [0.15, 0.2) is 30.3 Å². The molecule has 1 aromatic rings. The number of carbonyl (C=O) groups is 6. The van der Waals surface area contributed by atoms with E-state index in [4.69, 9.17) is 22.3 Å². The number of amides is 5. The van der Waals surface area contributed by atoms with Crippen LogP contribution in [0.1, 0.15) is 24.8 Å². The Labute approximate surface area is 200 Å². The van der Waals surface area contributed by atoms with Crippen LogP contribution in [0.25, 0.3) is 0 Å². The number of carboxylic acid groups (broad SMARTS) is 1. The monoisotopic (exact) mass is 494 g/mol. The second-order valence-electron chi connectivity index (χ2n) is 7.68. The molecule has 0 spiro atoms. The highest BCUT2D eigenvalue weighted by Crippen LogP contribution is 2.06. The van der Waals surface area contributed by atoms with E-state index in [1.54, 1.807) is 30.3 Å². The maximum absolute atomic E-state index is 12.8. The van der Waals surface area contributed by atoms with Gasteiger partial charge in [-0.3, -0.25) is 24.0 Å². The third-order valence-corrected chi connectivity index (χ3v) is 4.78. The van der Waals surface area contributed by atoms with Gasteiger partial charge in [-0.15, -0.1) is 0 Å². The summed E-state index contributed by atoms with van der Waals surface area (Å²) in [6.07, 6.45) is -1.35. The Morgan fingerprint density at radius 3 is 1.86 bits per heavy atom. The first-order valence-electron chi connectivity index (χ1n) is 10.6. The highest BCUT2D eigenvalue weighted by molar-refractivity contribution is 5.96. The summed E-state index contributed by atoms with van der Waals surface area (Å²) >= 11 is 0. The minimum absolute atomic E-state index is 0.0577. The highest BCUT2D eigenvalue weighted by atomic mass is 16.4. The predicted molar refractivity (Wildman–Crippen MR) is 121 cm³/mol. The van der Waals surface area contributed by atoms with Gasteiger partial charge in [-0.05, 0) is 12.0 Å². The quantitative estimate of drug-likeness (QED) is 0.119. The summed E-state index contributed by atoms with van der Waals surface area (Å²) in [6, 6.07) is 2.73. The van der Waals surface area contributed by atoms with Gasteiger partial charge in [-0.25, -0.2) is 4.79 Å². The summed E-state index contributed by atoms with van der Waals surface area (Å²) in [6.45, 7) is -0.738. The molecule has 192 valence electrons. The standard InChI is InChI=1S/C21H30N6O8/c22-12(10-28)18(31)26-14(9-17(24)30)20(33)25-13(6-7-16(23)29)19(32)27-15(21(34)35)8-11-4-2-1-3-5-11/h1-5,12-15,28H,6-10,22H2,(H2,23,29)(H2,24,30)(H,25,33)(H,26,31)(H,27,32)(H,34,35). The van der Waals surface area contributed by atoms with Crippen LogP contribution < -0.4 is 33.2 Å². The molecule has 0 aliphatic carbocycles. The van der Waals surface area contributed by atoms with E-state index in [9.17, 15) is 33.9 Å². The zero-order valence-corrected chi connectivity index (χ0v) is 18.8. The van der Waals surface area contributed by atoms with Crippen molar-refractivity contribution in [2.75, 3.05) is 6.61 Å². The second-order valence-corrected chi connectivity index (χ2v) is 7.68. The van der Waals surface area contributed by atoms with E-state index in [1.165, 1.54) is 0 Å². The third kappa shape index (κ3) is 10.6. The van der Waals surface area contributed by atoms with Crippen LogP contribution >= 0.6 is 0 Å². The molecule has 0 aliphatic rings. The van der Waals surface area contributed by atoms with Crippen molar-refractivity contribution in [2.45, 2.75) is 49.9 Å². The summed E-state index contributed by atoms with van der Waals surface area (Å²) in [7, 11) is 0. The van der Waals surface area contributed by atoms with Crippen LogP contribution in [0.3, 0.4) is 0 Å². The Hall–Kier alpha value is -4.04. The fourth-order valence-electron chi connectivity index (χ4n) is 2.92. The van der Waals surface area contributed by atoms with Crippen LogP contribution in [0, 0.1) is 0 Å². The number of aliphatic hydroxyl groups is 1. The number of nitrogens with two attached hydrogens (primary N) is 3. The van der Waals surface area contributed by atoms with Gasteiger partial charge in [0.25, 0.3) is 0 Å². The molecule has 1 rings (SSSR count). The number of hydrogen-bond acceptors (Lipinski definition) is 8. The number of nitrogens with one attached hydrogen (secondary N) is 3. The van der Waals surface area contributed by atoms with Crippen molar-refractivity contribution < 1.29 is 39.0 Å². The number of carboxylic acids is 1. The Bertz CT molecular complexity index is 926. The number of benzene rings is 1. The van der Waals surface area contributed by atoms with Gasteiger partial charge in [0.1, 0.15) is 24.2 Å². The zero-order valence-electron chi connectivity index (χ0n) is 18.8. The van der Waals surface area contributed by atoms with Gasteiger partial charge in [0.05, 0.1) is 13.0 Å². The van der Waals surface area contributed by atoms with Gasteiger partial charge in [-0.1, -0.05) is 30.3 Å². The van der Waals surface area contributed by atoms with Gasteiger partial charge < -0.3 is 43.4 Å². The third-order valence-electron chi connectivity index (χ3n) is 4.78. The number of aliphatic carboxylic acids is 1. The smallest absolute Gasteiger partial charge is 0.326 e. The van der Waals surface area contributed by atoms with E-state index in [0.29, 0.717) is 5.56 Å². The maximum Gasteiger partial charge on any atom is 0.326 e. The maximum atomic E-state index is 12.8. The predicted octanol–water partition coefficient (Wildman–Crippen LogP) is -3.77. The molecule has 0 radical (unpaired) electrons. The highest BCUT2D eigenvalue weighted by Gasteiger charge is 2.31. The Kier molecular flexibility index (Phi) is 11.8. The first-order valence-corrected chi connectivity index (χ1v) is 10.6. The molecule has 0 bridgehead atoms. The number of carbonyl (C=O) groups excluding carboxylic acids is 5. The van der Waals surface area contributed by atoms with Crippen molar-refractivity contribution in [2.24, 2.45) is 17.2 Å². The largest absolute Gasteiger partial charge is 0.480 e. The lowest BCUT2D eigenvalue weighted by molar-refractivity contribution is -0.142. The molecule has 0 saturated heterocycles. The van der Waals surface area contributed by atoms with Crippen molar-refractivity contribution in [3.8, 4) is 0 Å². The molecule has 0 heterocycles. The average molecular weight is 495 g/mol. The lowest BCUT2D eigenvalue weighted by Gasteiger charge is -2.24. The van der Waals surface area contributed by atoms with E-state index < -0.39 is 72.7 Å². The number of rotatable bonds is 15. The van der Waals surface area contributed by atoms with Crippen LogP contribution in [-0.2, 0) is 35.2 Å². The Balaban J connectivity index is 3.04. The molecule has 0 aliphatic heterocycles. The van der Waals surface area contributed by atoms with Crippen molar-refractivity contribution >= 4 is 35.5 Å². The topological polar surface area (TPSA) is 257 Å². The molecule has 4 atom stereocenters. The van der Waals surface area contributed by atoms with E-state index in [2.05, 4.69) is 16.0 Å². The molecule has 0 saturated carbocycles. The van der Waals surface area contributed by atoms with Crippen molar-refractivity contribution in [1.29, 1.82) is 0 Å². The molecule has 14 nitrogen and oxygen atoms in total. The van der Waals surface area contributed by atoms with Crippen molar-refractivity contribution in [1.82, 2.24) is 16.0 Å². The van der Waals surface area contributed by atoms with E-state index in [1.807, 2.05) is 0 Å². The molecule has 1 aromatic carbocycles. The van der Waals surface area contributed by atoms with Gasteiger partial charge >= 0.3 is 5.97 Å². The molecule has 14 heteroatoms. The molecule has 0 fully saturated rings. The van der Waals surface area contributed by atoms with E-state index in [0.717, 1.165) is 0 Å². The number of primary amides is 2. The summed E-state index contributed by atoms with van der Waals surface area (Å²) in [5, 5.41) is 25.2. The molecule has 5 amide bonds. The van der Waals surface area contributed by atoms with Gasteiger partial charge in [-0.2, -0.15) is 0 Å². The summed E-state index contributed by atoms with van der Waals surface area (Å²) in [5.74, 6) is -6.00. The summed E-state index contributed by atoms with van der Waals surface area (Å²) in [4.78, 5) is 71.9. The zero-order chi connectivity index (χ0) is 26.5. The average Bonchev–Trinajstić information content (AvgIpc) is 2.80.